The zero-order valence-electron chi connectivity index (χ0n) is 14.8. The molecule has 0 spiro atoms. The van der Waals surface area contributed by atoms with Crippen LogP contribution in [0.15, 0.2) is 60.9 Å². The van der Waals surface area contributed by atoms with E-state index in [9.17, 15) is 4.79 Å². The van der Waals surface area contributed by atoms with E-state index >= 15 is 0 Å². The van der Waals surface area contributed by atoms with Crippen molar-refractivity contribution < 1.29 is 9.53 Å². The molecule has 3 rings (SSSR count). The monoisotopic (exact) mass is 366 g/mol. The number of hydrogen-bond donors (Lipinski definition) is 1. The zero-order valence-corrected chi connectivity index (χ0v) is 15.6. The van der Waals surface area contributed by atoms with Crippen molar-refractivity contribution in [2.75, 3.05) is 7.11 Å². The van der Waals surface area contributed by atoms with Crippen molar-refractivity contribution in [3.05, 3.63) is 71.4 Å². The third-order valence-corrected chi connectivity index (χ3v) is 5.28. The maximum Gasteiger partial charge on any atom is 0.220 e. The Morgan fingerprint density at radius 1 is 1.15 bits per heavy atom. The van der Waals surface area contributed by atoms with Crippen molar-refractivity contribution in [1.29, 1.82) is 0 Å². The van der Waals surface area contributed by atoms with Crippen LogP contribution in [0, 0.1) is 0 Å². The summed E-state index contributed by atoms with van der Waals surface area (Å²) < 4.78 is 5.13. The number of ether oxygens (including phenoxy) is 1. The van der Waals surface area contributed by atoms with Gasteiger partial charge in [0.05, 0.1) is 7.11 Å². The average Bonchev–Trinajstić information content (AvgIpc) is 3.16. The first-order valence-electron chi connectivity index (χ1n) is 8.63. The Bertz CT molecular complexity index is 829. The average molecular weight is 366 g/mol. The predicted molar refractivity (Wildman–Crippen MR) is 105 cm³/mol. The molecule has 5 heteroatoms. The van der Waals surface area contributed by atoms with Gasteiger partial charge in [-0.15, -0.1) is 11.3 Å². The summed E-state index contributed by atoms with van der Waals surface area (Å²) in [6.45, 7) is 0.549. The van der Waals surface area contributed by atoms with E-state index in [1.54, 1.807) is 24.6 Å². The standard InChI is InChI=1S/C21H22N2O2S/c1-25-18-9-7-16(8-10-18)14-23-21(24)6-2-5-19-11-12-20(26-19)17-4-3-13-22-15-17/h3-4,7-13,15H,2,5-6,14H2,1H3,(H,23,24). The Labute approximate surface area is 157 Å². The second kappa shape index (κ2) is 9.15. The molecule has 0 bridgehead atoms. The minimum absolute atomic E-state index is 0.0878. The molecule has 4 nitrogen and oxygen atoms in total. The summed E-state index contributed by atoms with van der Waals surface area (Å²) >= 11 is 1.77. The van der Waals surface area contributed by atoms with Crippen LogP contribution in [0.3, 0.4) is 0 Å². The van der Waals surface area contributed by atoms with E-state index in [2.05, 4.69) is 28.5 Å². The molecule has 0 aliphatic rings. The van der Waals surface area contributed by atoms with Crippen molar-refractivity contribution in [3.8, 4) is 16.2 Å². The van der Waals surface area contributed by atoms with Gasteiger partial charge in [0, 0.05) is 40.7 Å². The summed E-state index contributed by atoms with van der Waals surface area (Å²) in [4.78, 5) is 18.7. The summed E-state index contributed by atoms with van der Waals surface area (Å²) in [5.74, 6) is 0.909. The number of carbonyl (C=O) groups excluding carboxylic acids is 1. The summed E-state index contributed by atoms with van der Waals surface area (Å²) in [6.07, 6.45) is 5.96. The molecule has 0 saturated heterocycles. The minimum Gasteiger partial charge on any atom is -0.497 e. The van der Waals surface area contributed by atoms with Crippen molar-refractivity contribution in [2.45, 2.75) is 25.8 Å². The fraction of sp³-hybridized carbons (Fsp3) is 0.238. The number of hydrogen-bond acceptors (Lipinski definition) is 4. The lowest BCUT2D eigenvalue weighted by Gasteiger charge is -2.06. The third-order valence-electron chi connectivity index (χ3n) is 4.08. The summed E-state index contributed by atoms with van der Waals surface area (Å²) in [5, 5.41) is 2.97. The van der Waals surface area contributed by atoms with Gasteiger partial charge >= 0.3 is 0 Å². The highest BCUT2D eigenvalue weighted by molar-refractivity contribution is 7.15. The Morgan fingerprint density at radius 3 is 2.73 bits per heavy atom. The van der Waals surface area contributed by atoms with Crippen LogP contribution in [-0.4, -0.2) is 18.0 Å². The lowest BCUT2D eigenvalue weighted by Crippen LogP contribution is -2.22. The molecule has 1 amide bonds. The number of thiophene rings is 1. The first kappa shape index (κ1) is 18.1. The van der Waals surface area contributed by atoms with E-state index < -0.39 is 0 Å². The van der Waals surface area contributed by atoms with E-state index in [0.29, 0.717) is 13.0 Å². The first-order chi connectivity index (χ1) is 12.7. The highest BCUT2D eigenvalue weighted by atomic mass is 32.1. The van der Waals surface area contributed by atoms with Gasteiger partial charge in [0.2, 0.25) is 5.91 Å². The molecule has 26 heavy (non-hydrogen) atoms. The van der Waals surface area contributed by atoms with E-state index in [1.165, 1.54) is 9.75 Å². The van der Waals surface area contributed by atoms with Gasteiger partial charge < -0.3 is 10.1 Å². The second-order valence-corrected chi connectivity index (χ2v) is 7.15. The van der Waals surface area contributed by atoms with Gasteiger partial charge in [0.25, 0.3) is 0 Å². The van der Waals surface area contributed by atoms with Gasteiger partial charge in [0.15, 0.2) is 0 Å². The van der Waals surface area contributed by atoms with Gasteiger partial charge in [-0.05, 0) is 48.7 Å². The number of aryl methyl sites for hydroxylation is 1. The smallest absolute Gasteiger partial charge is 0.220 e. The molecule has 1 N–H and O–H groups in total. The molecule has 0 unspecified atom stereocenters. The Morgan fingerprint density at radius 2 is 2.00 bits per heavy atom. The van der Waals surface area contributed by atoms with E-state index in [-0.39, 0.29) is 5.91 Å². The van der Waals surface area contributed by atoms with Crippen LogP contribution in [0.5, 0.6) is 5.75 Å². The zero-order chi connectivity index (χ0) is 18.2. The number of nitrogens with zero attached hydrogens (tertiary/aromatic N) is 1. The van der Waals surface area contributed by atoms with E-state index in [0.717, 1.165) is 29.7 Å². The molecule has 134 valence electrons. The molecular weight excluding hydrogens is 344 g/mol. The third kappa shape index (κ3) is 5.17. The molecule has 0 radical (unpaired) electrons. The SMILES string of the molecule is COc1ccc(CNC(=O)CCCc2ccc(-c3cccnc3)s2)cc1. The molecule has 0 aliphatic carbocycles. The highest BCUT2D eigenvalue weighted by Gasteiger charge is 2.05. The van der Waals surface area contributed by atoms with Crippen LogP contribution >= 0.6 is 11.3 Å². The van der Waals surface area contributed by atoms with Crippen LogP contribution in [-0.2, 0) is 17.8 Å². The lowest BCUT2D eigenvalue weighted by molar-refractivity contribution is -0.121. The van der Waals surface area contributed by atoms with Crippen LogP contribution in [0.25, 0.3) is 10.4 Å². The Hall–Kier alpha value is -2.66. The number of pyridine rings is 1. The summed E-state index contributed by atoms with van der Waals surface area (Å²) in [5.41, 5.74) is 2.21. The number of rotatable bonds is 8. The lowest BCUT2D eigenvalue weighted by atomic mass is 10.2. The van der Waals surface area contributed by atoms with Gasteiger partial charge in [-0.3, -0.25) is 9.78 Å². The van der Waals surface area contributed by atoms with Crippen molar-refractivity contribution in [3.63, 3.8) is 0 Å². The van der Waals surface area contributed by atoms with Crippen LogP contribution < -0.4 is 10.1 Å². The molecule has 0 fully saturated rings. The quantitative estimate of drug-likeness (QED) is 0.640. The Balaban J connectivity index is 1.40. The van der Waals surface area contributed by atoms with Crippen LogP contribution in [0.1, 0.15) is 23.3 Å². The van der Waals surface area contributed by atoms with Gasteiger partial charge in [-0.2, -0.15) is 0 Å². The number of benzene rings is 1. The number of aromatic nitrogens is 1. The molecule has 0 atom stereocenters. The molecule has 2 aromatic heterocycles. The first-order valence-corrected chi connectivity index (χ1v) is 9.45. The molecule has 1 aromatic carbocycles. The number of carbonyl (C=O) groups is 1. The molecule has 3 aromatic rings. The van der Waals surface area contributed by atoms with Gasteiger partial charge in [0.1, 0.15) is 5.75 Å². The fourth-order valence-corrected chi connectivity index (χ4v) is 3.67. The van der Waals surface area contributed by atoms with Crippen molar-refractivity contribution >= 4 is 17.2 Å². The topological polar surface area (TPSA) is 51.2 Å². The predicted octanol–water partition coefficient (Wildman–Crippen LogP) is 4.46. The summed E-state index contributed by atoms with van der Waals surface area (Å²) in [7, 11) is 1.64. The maximum atomic E-state index is 12.0. The van der Waals surface area contributed by atoms with Crippen molar-refractivity contribution in [1.82, 2.24) is 10.3 Å². The van der Waals surface area contributed by atoms with Crippen LogP contribution in [0.4, 0.5) is 0 Å². The Kier molecular flexibility index (Phi) is 6.39. The normalized spacial score (nSPS) is 10.5. The number of methoxy groups -OCH3 is 1. The molecular formula is C21H22N2O2S. The maximum absolute atomic E-state index is 12.0. The van der Waals surface area contributed by atoms with Crippen LogP contribution in [0.2, 0.25) is 0 Å². The van der Waals surface area contributed by atoms with Gasteiger partial charge in [-0.25, -0.2) is 0 Å². The molecule has 0 aliphatic heterocycles. The summed E-state index contributed by atoms with van der Waals surface area (Å²) in [6, 6.07) is 16.0. The van der Waals surface area contributed by atoms with E-state index in [4.69, 9.17) is 4.74 Å². The fourth-order valence-electron chi connectivity index (χ4n) is 2.63. The minimum atomic E-state index is 0.0878. The van der Waals surface area contributed by atoms with E-state index in [1.807, 2.05) is 36.5 Å². The highest BCUT2D eigenvalue weighted by Crippen LogP contribution is 2.28. The molecule has 0 saturated carbocycles. The largest absolute Gasteiger partial charge is 0.497 e. The second-order valence-electron chi connectivity index (χ2n) is 5.99. The number of nitrogens with one attached hydrogen (secondary N) is 1. The van der Waals surface area contributed by atoms with Crippen molar-refractivity contribution in [2.24, 2.45) is 0 Å². The van der Waals surface area contributed by atoms with Gasteiger partial charge in [-0.1, -0.05) is 18.2 Å². The number of amides is 1. The molecule has 2 heterocycles.